The fraction of sp³-hybridized carbons (Fsp3) is 0.286. The molecule has 0 aromatic heterocycles. The van der Waals surface area contributed by atoms with Crippen molar-refractivity contribution in [2.75, 3.05) is 40.2 Å². The average molecular weight is 455 g/mol. The fourth-order valence-corrected chi connectivity index (χ4v) is 3.83. The molecule has 2 rings (SSSR count). The van der Waals surface area contributed by atoms with Crippen LogP contribution in [0.1, 0.15) is 15.2 Å². The van der Waals surface area contributed by atoms with Gasteiger partial charge in [0, 0.05) is 17.5 Å². The summed E-state index contributed by atoms with van der Waals surface area (Å²) in [4.78, 5) is 10.8. The van der Waals surface area contributed by atoms with Crippen LogP contribution in [0.4, 0.5) is 5.69 Å². The van der Waals surface area contributed by atoms with E-state index in [2.05, 4.69) is 5.32 Å². The van der Waals surface area contributed by atoms with E-state index < -0.39 is 22.8 Å². The van der Waals surface area contributed by atoms with Crippen molar-refractivity contribution < 1.29 is 41.4 Å². The van der Waals surface area contributed by atoms with Gasteiger partial charge < -0.3 is 29.4 Å². The monoisotopic (exact) mass is 454 g/mol. The van der Waals surface area contributed by atoms with Gasteiger partial charge in [-0.2, -0.15) is 0 Å². The molecule has 9 nitrogen and oxygen atoms in total. The van der Waals surface area contributed by atoms with Gasteiger partial charge in [-0.05, 0) is 23.8 Å². The van der Waals surface area contributed by atoms with Gasteiger partial charge in [0.1, 0.15) is 29.5 Å². The van der Waals surface area contributed by atoms with Crippen LogP contribution in [0.3, 0.4) is 0 Å². The number of carbonyl (C=O) groups is 1. The quantitative estimate of drug-likeness (QED) is 0.528. The highest BCUT2D eigenvalue weighted by Crippen LogP contribution is 2.35. The highest BCUT2D eigenvalue weighted by atomic mass is 32.2. The van der Waals surface area contributed by atoms with E-state index in [0.717, 1.165) is 5.41 Å². The predicted octanol–water partition coefficient (Wildman–Crippen LogP) is 2.80. The number of carboxylic acid groups (broad SMARTS) is 1. The van der Waals surface area contributed by atoms with Crippen LogP contribution in [-0.2, 0) is 20.4 Å². The van der Waals surface area contributed by atoms with Crippen LogP contribution in [-0.4, -0.2) is 54.4 Å². The second-order valence-corrected chi connectivity index (χ2v) is 8.12. The van der Waals surface area contributed by atoms with E-state index >= 15 is 0 Å². The van der Waals surface area contributed by atoms with Gasteiger partial charge in [-0.1, -0.05) is 6.07 Å². The summed E-state index contributed by atoms with van der Waals surface area (Å²) in [6.07, 6.45) is 1.28. The van der Waals surface area contributed by atoms with E-state index in [0.29, 0.717) is 17.0 Å². The second-order valence-electron chi connectivity index (χ2n) is 6.24. The largest absolute Gasteiger partial charge is 0.496 e. The summed E-state index contributed by atoms with van der Waals surface area (Å²) in [5.74, 6) is -0.828. The molecule has 0 saturated heterocycles. The van der Waals surface area contributed by atoms with E-state index in [9.17, 15) is 13.2 Å². The van der Waals surface area contributed by atoms with Gasteiger partial charge >= 0.3 is 5.97 Å². The molecular weight excluding hydrogens is 426 g/mol. The zero-order chi connectivity index (χ0) is 25.5. The molecule has 0 aliphatic rings. The first-order chi connectivity index (χ1) is 15.9. The molecule has 10 heteroatoms. The Morgan fingerprint density at radius 2 is 1.71 bits per heavy atom. The van der Waals surface area contributed by atoms with Gasteiger partial charge in [-0.3, -0.25) is 4.79 Å². The molecule has 0 radical (unpaired) electrons. The van der Waals surface area contributed by atoms with Crippen molar-refractivity contribution >= 4 is 27.6 Å². The molecule has 2 aromatic carbocycles. The van der Waals surface area contributed by atoms with Crippen LogP contribution in [0, 0.1) is 0 Å². The Morgan fingerprint density at radius 1 is 1.06 bits per heavy atom. The third-order valence-corrected chi connectivity index (χ3v) is 5.43. The van der Waals surface area contributed by atoms with Gasteiger partial charge in [0.25, 0.3) is 0 Å². The molecule has 2 N–H and O–H groups in total. The Morgan fingerprint density at radius 3 is 2.26 bits per heavy atom. The lowest BCUT2D eigenvalue weighted by Gasteiger charge is -2.13. The number of rotatable bonds is 11. The summed E-state index contributed by atoms with van der Waals surface area (Å²) < 4.78 is 67.7. The molecule has 0 atom stereocenters. The molecule has 2 aromatic rings. The Hall–Kier alpha value is -3.40. The second kappa shape index (κ2) is 10.6. The first kappa shape index (κ1) is 19.6. The average Bonchev–Trinajstić information content (AvgIpc) is 2.74. The highest BCUT2D eigenvalue weighted by Gasteiger charge is 2.15. The molecule has 0 amide bonds. The SMILES string of the molecule is [2H]C([2H])([2H])Oc1cc(OC)c(/C=C/S(=O)(=O)Cc2ccc(OC)c(NCC(=O)O)c2)c(OC)c1. The lowest BCUT2D eigenvalue weighted by molar-refractivity contribution is -0.134. The summed E-state index contributed by atoms with van der Waals surface area (Å²) in [6.45, 7) is -0.368. The summed E-state index contributed by atoms with van der Waals surface area (Å²) in [5, 5.41) is 12.5. The molecule has 0 spiro atoms. The van der Waals surface area contributed by atoms with Crippen LogP contribution < -0.4 is 24.3 Å². The van der Waals surface area contributed by atoms with Crippen molar-refractivity contribution in [3.63, 3.8) is 0 Å². The number of carboxylic acids is 1. The molecule has 0 heterocycles. The predicted molar refractivity (Wildman–Crippen MR) is 117 cm³/mol. The summed E-state index contributed by atoms with van der Waals surface area (Å²) >= 11 is 0. The minimum Gasteiger partial charge on any atom is -0.496 e. The number of nitrogens with one attached hydrogen (secondary N) is 1. The Labute approximate surface area is 185 Å². The third-order valence-electron chi connectivity index (χ3n) is 4.14. The lowest BCUT2D eigenvalue weighted by atomic mass is 10.1. The molecule has 31 heavy (non-hydrogen) atoms. The number of methoxy groups -OCH3 is 4. The normalized spacial score (nSPS) is 13.1. The van der Waals surface area contributed by atoms with Crippen molar-refractivity contribution in [3.05, 3.63) is 46.9 Å². The number of aliphatic carboxylic acids is 1. The summed E-state index contributed by atoms with van der Waals surface area (Å²) in [6, 6.07) is 7.21. The zero-order valence-corrected chi connectivity index (χ0v) is 18.0. The van der Waals surface area contributed by atoms with Crippen LogP contribution in [0.25, 0.3) is 6.08 Å². The molecule has 0 aliphatic carbocycles. The van der Waals surface area contributed by atoms with Gasteiger partial charge in [-0.25, -0.2) is 8.42 Å². The third kappa shape index (κ3) is 6.54. The van der Waals surface area contributed by atoms with Crippen LogP contribution in [0.15, 0.2) is 35.7 Å². The molecule has 0 bridgehead atoms. The van der Waals surface area contributed by atoms with Crippen molar-refractivity contribution in [1.82, 2.24) is 0 Å². The molecule has 168 valence electrons. The number of hydrogen-bond donors (Lipinski definition) is 2. The molecular formula is C21H25NO8S. The number of ether oxygens (including phenoxy) is 4. The minimum absolute atomic E-state index is 0.0340. The van der Waals surface area contributed by atoms with Gasteiger partial charge in [0.15, 0.2) is 9.84 Å². The van der Waals surface area contributed by atoms with Gasteiger partial charge in [0.2, 0.25) is 0 Å². The first-order valence-corrected chi connectivity index (χ1v) is 10.6. The molecule has 0 aliphatic heterocycles. The maximum absolute atomic E-state index is 12.7. The smallest absolute Gasteiger partial charge is 0.322 e. The van der Waals surface area contributed by atoms with Crippen molar-refractivity contribution in [1.29, 1.82) is 0 Å². The zero-order valence-electron chi connectivity index (χ0n) is 20.2. The van der Waals surface area contributed by atoms with Gasteiger partial charge in [-0.15, -0.1) is 0 Å². The molecule has 0 saturated carbocycles. The summed E-state index contributed by atoms with van der Waals surface area (Å²) in [7, 11) is -2.39. The standard InChI is InChI=1S/C21H25NO8S/c1-27-15-10-19(29-3)16(20(11-15)30-4)7-8-31(25,26)13-14-5-6-18(28-2)17(9-14)22-12-21(23)24/h5-11,22H,12-13H2,1-4H3,(H,23,24)/b8-7+/i1D3. The van der Waals surface area contributed by atoms with Crippen LogP contribution in [0.2, 0.25) is 0 Å². The number of benzene rings is 2. The molecule has 0 fully saturated rings. The van der Waals surface area contributed by atoms with Gasteiger partial charge in [0.05, 0.1) is 49.5 Å². The number of anilines is 1. The van der Waals surface area contributed by atoms with E-state index in [1.54, 1.807) is 6.07 Å². The molecule has 0 unspecified atom stereocenters. The Bertz CT molecular complexity index is 1140. The van der Waals surface area contributed by atoms with E-state index in [-0.39, 0.29) is 35.1 Å². The van der Waals surface area contributed by atoms with Crippen molar-refractivity contribution in [3.8, 4) is 23.0 Å². The van der Waals surface area contributed by atoms with Crippen LogP contribution in [0.5, 0.6) is 23.0 Å². The van der Waals surface area contributed by atoms with E-state index in [4.69, 9.17) is 28.2 Å². The highest BCUT2D eigenvalue weighted by molar-refractivity contribution is 7.93. The number of hydrogen-bond acceptors (Lipinski definition) is 8. The van der Waals surface area contributed by atoms with Crippen molar-refractivity contribution in [2.24, 2.45) is 0 Å². The topological polar surface area (TPSA) is 120 Å². The minimum atomic E-state index is -3.79. The van der Waals surface area contributed by atoms with Crippen LogP contribution >= 0.6 is 0 Å². The van der Waals surface area contributed by atoms with Crippen molar-refractivity contribution in [2.45, 2.75) is 5.75 Å². The summed E-state index contributed by atoms with van der Waals surface area (Å²) in [5.41, 5.74) is 1.01. The lowest BCUT2D eigenvalue weighted by Crippen LogP contribution is -2.13. The fourth-order valence-electron chi connectivity index (χ4n) is 2.74. The number of sulfone groups is 1. The maximum Gasteiger partial charge on any atom is 0.322 e. The van der Waals surface area contributed by atoms with E-state index in [1.165, 1.54) is 51.7 Å². The maximum atomic E-state index is 12.7. The Balaban J connectivity index is 2.32. The first-order valence-electron chi connectivity index (χ1n) is 10.4. The van der Waals surface area contributed by atoms with E-state index in [1.807, 2.05) is 0 Å². The Kier molecular flexibility index (Phi) is 6.67.